The molecule has 9 heteroatoms. The Morgan fingerprint density at radius 3 is 2.28 bits per heavy atom. The van der Waals surface area contributed by atoms with Crippen LogP contribution in [0.15, 0.2) is 64.6 Å². The number of benzene rings is 3. The van der Waals surface area contributed by atoms with Crippen molar-refractivity contribution in [1.29, 1.82) is 5.26 Å². The summed E-state index contributed by atoms with van der Waals surface area (Å²) < 4.78 is 6.48. The molecule has 3 aromatic rings. The van der Waals surface area contributed by atoms with Crippen molar-refractivity contribution in [2.75, 3.05) is 5.32 Å². The quantitative estimate of drug-likeness (QED) is 0.240. The summed E-state index contributed by atoms with van der Waals surface area (Å²) in [6, 6.07) is 17.0. The number of carbonyl (C=O) groups is 1. The fourth-order valence-corrected chi connectivity index (χ4v) is 3.73. The minimum absolute atomic E-state index is 0.0764. The van der Waals surface area contributed by atoms with E-state index in [0.717, 1.165) is 5.56 Å². The smallest absolute Gasteiger partial charge is 0.266 e. The van der Waals surface area contributed by atoms with Crippen molar-refractivity contribution in [3.05, 3.63) is 95.9 Å². The zero-order valence-corrected chi connectivity index (χ0v) is 20.7. The van der Waals surface area contributed by atoms with Gasteiger partial charge in [-0.25, -0.2) is 0 Å². The lowest BCUT2D eigenvalue weighted by Crippen LogP contribution is -2.13. The van der Waals surface area contributed by atoms with Crippen molar-refractivity contribution in [1.82, 2.24) is 0 Å². The number of hydrogen-bond acceptors (Lipinski definition) is 3. The summed E-state index contributed by atoms with van der Waals surface area (Å²) in [6.45, 7) is 0.292. The molecule has 0 aliphatic rings. The molecule has 0 saturated heterocycles. The molecule has 0 atom stereocenters. The zero-order valence-electron chi connectivity index (χ0n) is 16.1. The Kier molecular flexibility index (Phi) is 8.47. The van der Waals surface area contributed by atoms with E-state index in [1.807, 2.05) is 12.1 Å². The molecule has 3 rings (SSSR count). The average molecular weight is 571 g/mol. The number of anilines is 1. The predicted molar refractivity (Wildman–Crippen MR) is 134 cm³/mol. The number of nitriles is 1. The Morgan fingerprint density at radius 2 is 1.66 bits per heavy atom. The van der Waals surface area contributed by atoms with Crippen LogP contribution in [-0.2, 0) is 11.4 Å². The number of amides is 1. The van der Waals surface area contributed by atoms with Crippen molar-refractivity contribution >= 4 is 80.0 Å². The molecule has 0 aromatic heterocycles. The van der Waals surface area contributed by atoms with E-state index in [1.54, 1.807) is 42.5 Å². The van der Waals surface area contributed by atoms with Crippen LogP contribution in [0.25, 0.3) is 6.08 Å². The molecule has 1 amide bonds. The van der Waals surface area contributed by atoms with Crippen LogP contribution in [0.1, 0.15) is 11.1 Å². The first-order valence-corrected chi connectivity index (χ1v) is 11.3. The highest BCUT2D eigenvalue weighted by molar-refractivity contribution is 9.10. The molecule has 0 fully saturated rings. The third kappa shape index (κ3) is 6.41. The number of nitrogens with zero attached hydrogens (tertiary/aromatic N) is 1. The van der Waals surface area contributed by atoms with Gasteiger partial charge in [-0.2, -0.15) is 5.26 Å². The molecule has 0 aliphatic heterocycles. The van der Waals surface area contributed by atoms with Crippen LogP contribution in [-0.4, -0.2) is 5.91 Å². The fourth-order valence-electron chi connectivity index (χ4n) is 2.60. The van der Waals surface area contributed by atoms with Gasteiger partial charge >= 0.3 is 0 Å². The van der Waals surface area contributed by atoms with Crippen molar-refractivity contribution in [3.63, 3.8) is 0 Å². The molecule has 1 N–H and O–H groups in total. The largest absolute Gasteiger partial charge is 0.488 e. The van der Waals surface area contributed by atoms with Gasteiger partial charge in [-0.1, -0.05) is 58.5 Å². The SMILES string of the molecule is N#C/C(=C\c1ccc(OCc2ccc(Cl)c(Cl)c2)c(Br)c1)C(=O)Nc1ccc(Cl)c(Cl)c1. The Balaban J connectivity index is 1.71. The van der Waals surface area contributed by atoms with Crippen molar-refractivity contribution in [2.45, 2.75) is 6.61 Å². The maximum absolute atomic E-state index is 12.5. The number of carbonyl (C=O) groups excluding carboxylic acids is 1. The van der Waals surface area contributed by atoms with E-state index in [1.165, 1.54) is 12.1 Å². The Morgan fingerprint density at radius 1 is 0.969 bits per heavy atom. The van der Waals surface area contributed by atoms with E-state index in [2.05, 4.69) is 21.2 Å². The van der Waals surface area contributed by atoms with Gasteiger partial charge in [-0.3, -0.25) is 4.79 Å². The maximum atomic E-state index is 12.5. The van der Waals surface area contributed by atoms with Crippen LogP contribution >= 0.6 is 62.3 Å². The van der Waals surface area contributed by atoms with Crippen molar-refractivity contribution in [3.8, 4) is 11.8 Å². The zero-order chi connectivity index (χ0) is 23.3. The summed E-state index contributed by atoms with van der Waals surface area (Å²) in [7, 11) is 0. The molecule has 0 spiro atoms. The van der Waals surface area contributed by atoms with E-state index < -0.39 is 5.91 Å². The van der Waals surface area contributed by atoms with E-state index in [-0.39, 0.29) is 5.57 Å². The summed E-state index contributed by atoms with van der Waals surface area (Å²) in [4.78, 5) is 12.5. The van der Waals surface area contributed by atoms with Gasteiger partial charge in [-0.05, 0) is 75.6 Å². The number of nitrogens with one attached hydrogen (secondary N) is 1. The minimum Gasteiger partial charge on any atom is -0.488 e. The molecule has 0 radical (unpaired) electrons. The topological polar surface area (TPSA) is 62.1 Å². The lowest BCUT2D eigenvalue weighted by Gasteiger charge is -2.10. The molecular weight excluding hydrogens is 558 g/mol. The molecule has 0 unspecified atom stereocenters. The highest BCUT2D eigenvalue weighted by Crippen LogP contribution is 2.29. The van der Waals surface area contributed by atoms with Crippen LogP contribution in [0.5, 0.6) is 5.75 Å². The molecule has 4 nitrogen and oxygen atoms in total. The Bertz CT molecular complexity index is 1260. The summed E-state index contributed by atoms with van der Waals surface area (Å²) in [5, 5.41) is 13.6. The number of halogens is 5. The van der Waals surface area contributed by atoms with Crippen molar-refractivity contribution in [2.24, 2.45) is 0 Å². The molecule has 0 saturated carbocycles. The Labute approximate surface area is 213 Å². The maximum Gasteiger partial charge on any atom is 0.266 e. The van der Waals surface area contributed by atoms with E-state index >= 15 is 0 Å². The third-order valence-electron chi connectivity index (χ3n) is 4.19. The first kappa shape index (κ1) is 24.4. The molecule has 0 heterocycles. The third-order valence-corrected chi connectivity index (χ3v) is 6.29. The van der Waals surface area contributed by atoms with E-state index in [0.29, 0.717) is 48.2 Å². The molecule has 162 valence electrons. The molecule has 0 aliphatic carbocycles. The summed E-state index contributed by atoms with van der Waals surface area (Å²) >= 11 is 27.2. The highest BCUT2D eigenvalue weighted by Gasteiger charge is 2.12. The van der Waals surface area contributed by atoms with Crippen LogP contribution in [0.3, 0.4) is 0 Å². The van der Waals surface area contributed by atoms with Gasteiger partial charge in [0.05, 0.1) is 24.6 Å². The normalized spacial score (nSPS) is 11.1. The molecule has 3 aromatic carbocycles. The van der Waals surface area contributed by atoms with Gasteiger partial charge in [0.1, 0.15) is 24.0 Å². The van der Waals surface area contributed by atoms with Gasteiger partial charge in [0.2, 0.25) is 0 Å². The summed E-state index contributed by atoms with van der Waals surface area (Å²) in [5.41, 5.74) is 1.85. The van der Waals surface area contributed by atoms with E-state index in [9.17, 15) is 10.1 Å². The molecular formula is C23H13BrCl4N2O2. The standard InChI is InChI=1S/C23H13BrCl4N2O2/c24-17-8-13(2-6-22(17)32-12-14-1-4-18(25)20(27)9-14)7-15(11-29)23(31)30-16-3-5-19(26)21(28)10-16/h1-10H,12H2,(H,30,31)/b15-7+. The fraction of sp³-hybridized carbons (Fsp3) is 0.0435. The van der Waals surface area contributed by atoms with Gasteiger partial charge < -0.3 is 10.1 Å². The summed E-state index contributed by atoms with van der Waals surface area (Å²) in [6.07, 6.45) is 1.47. The second kappa shape index (κ2) is 11.1. The first-order valence-electron chi connectivity index (χ1n) is 9.01. The first-order chi connectivity index (χ1) is 15.3. The number of hydrogen-bond donors (Lipinski definition) is 1. The number of ether oxygens (including phenoxy) is 1. The lowest BCUT2D eigenvalue weighted by atomic mass is 10.1. The van der Waals surface area contributed by atoms with Crippen LogP contribution in [0, 0.1) is 11.3 Å². The second-order valence-electron chi connectivity index (χ2n) is 6.48. The monoisotopic (exact) mass is 568 g/mol. The van der Waals surface area contributed by atoms with Gasteiger partial charge in [0.15, 0.2) is 0 Å². The van der Waals surface area contributed by atoms with Crippen molar-refractivity contribution < 1.29 is 9.53 Å². The lowest BCUT2D eigenvalue weighted by molar-refractivity contribution is -0.112. The average Bonchev–Trinajstić information content (AvgIpc) is 2.76. The van der Waals surface area contributed by atoms with Crippen LogP contribution in [0.2, 0.25) is 20.1 Å². The predicted octanol–water partition coefficient (Wildman–Crippen LogP) is 8.19. The minimum atomic E-state index is -0.568. The van der Waals surface area contributed by atoms with E-state index in [4.69, 9.17) is 51.1 Å². The number of rotatable bonds is 6. The van der Waals surface area contributed by atoms with Gasteiger partial charge in [0, 0.05) is 5.69 Å². The van der Waals surface area contributed by atoms with Crippen LogP contribution < -0.4 is 10.1 Å². The van der Waals surface area contributed by atoms with Crippen LogP contribution in [0.4, 0.5) is 5.69 Å². The summed E-state index contributed by atoms with van der Waals surface area (Å²) in [5.74, 6) is 0.0222. The Hall–Kier alpha value is -2.20. The highest BCUT2D eigenvalue weighted by atomic mass is 79.9. The molecule has 0 bridgehead atoms. The molecule has 32 heavy (non-hydrogen) atoms. The van der Waals surface area contributed by atoms with Gasteiger partial charge in [0.25, 0.3) is 5.91 Å². The van der Waals surface area contributed by atoms with Gasteiger partial charge in [-0.15, -0.1) is 0 Å². The second-order valence-corrected chi connectivity index (χ2v) is 8.96.